The van der Waals surface area contributed by atoms with E-state index < -0.39 is 16.6 Å². The molecule has 0 unspecified atom stereocenters. The van der Waals surface area contributed by atoms with Crippen LogP contribution in [0.2, 0.25) is 0 Å². The van der Waals surface area contributed by atoms with Crippen LogP contribution in [0.5, 0.6) is 5.75 Å². The summed E-state index contributed by atoms with van der Waals surface area (Å²) < 4.78 is 57.5. The lowest BCUT2D eigenvalue weighted by Gasteiger charge is -2.18. The molecular formula is C20H21F2N5O3S2. The van der Waals surface area contributed by atoms with Crippen LogP contribution in [0, 0.1) is 4.77 Å². The van der Waals surface area contributed by atoms with Gasteiger partial charge in [-0.15, -0.1) is 0 Å². The first kappa shape index (κ1) is 23.7. The molecule has 0 aliphatic heterocycles. The first-order chi connectivity index (χ1) is 15.3. The largest absolute Gasteiger partial charge is 0.435 e. The summed E-state index contributed by atoms with van der Waals surface area (Å²) in [6.45, 7) is 1.36. The summed E-state index contributed by atoms with van der Waals surface area (Å²) in [5.74, 6) is 0.351. The van der Waals surface area contributed by atoms with Crippen LogP contribution in [0.25, 0.3) is 11.4 Å². The van der Waals surface area contributed by atoms with Gasteiger partial charge >= 0.3 is 6.61 Å². The standard InChI is InChI=1S/C20H21F2N5O3S2/c1-3-26(4-2)32(28,29)17-7-5-6-15(12-17)18-24-25-20(31)27(18)23-13-14-8-10-16(11-9-14)30-19(21)22/h5-13,19H,3-4H2,1-2H3,(H,25,31)/b23-13-. The van der Waals surface area contributed by atoms with Gasteiger partial charge in [0, 0.05) is 18.7 Å². The number of hydrogen-bond donors (Lipinski definition) is 1. The molecule has 0 bridgehead atoms. The molecule has 0 fully saturated rings. The summed E-state index contributed by atoms with van der Waals surface area (Å²) in [6, 6.07) is 12.3. The summed E-state index contributed by atoms with van der Waals surface area (Å²) in [7, 11) is -3.65. The molecule has 0 spiro atoms. The van der Waals surface area contributed by atoms with Crippen molar-refractivity contribution in [2.24, 2.45) is 5.10 Å². The predicted molar refractivity (Wildman–Crippen MR) is 119 cm³/mol. The number of hydrogen-bond acceptors (Lipinski definition) is 6. The molecule has 32 heavy (non-hydrogen) atoms. The molecular weight excluding hydrogens is 460 g/mol. The normalized spacial score (nSPS) is 12.2. The molecule has 12 heteroatoms. The fraction of sp³-hybridized carbons (Fsp3) is 0.250. The van der Waals surface area contributed by atoms with Gasteiger partial charge in [0.25, 0.3) is 0 Å². The molecule has 2 aromatic carbocycles. The van der Waals surface area contributed by atoms with Gasteiger partial charge in [-0.05, 0) is 54.2 Å². The minimum Gasteiger partial charge on any atom is -0.435 e. The number of sulfonamides is 1. The molecule has 0 aliphatic carbocycles. The van der Waals surface area contributed by atoms with Crippen LogP contribution in [-0.2, 0) is 10.0 Å². The number of benzene rings is 2. The number of halogens is 2. The lowest BCUT2D eigenvalue weighted by atomic mass is 10.2. The molecule has 1 aromatic heterocycles. The van der Waals surface area contributed by atoms with E-state index in [1.807, 2.05) is 0 Å². The van der Waals surface area contributed by atoms with Crippen molar-refractivity contribution in [3.8, 4) is 17.1 Å². The maximum atomic E-state index is 12.9. The zero-order valence-corrected chi connectivity index (χ0v) is 18.9. The number of H-pyrrole nitrogens is 1. The second-order valence-electron chi connectivity index (χ2n) is 6.47. The quantitative estimate of drug-likeness (QED) is 0.367. The van der Waals surface area contributed by atoms with Crippen molar-refractivity contribution >= 4 is 28.5 Å². The number of nitrogens with one attached hydrogen (secondary N) is 1. The Bertz CT molecular complexity index is 1250. The number of aromatic amines is 1. The summed E-state index contributed by atoms with van der Waals surface area (Å²) in [5.41, 5.74) is 1.11. The van der Waals surface area contributed by atoms with Crippen LogP contribution in [0.3, 0.4) is 0 Å². The molecule has 0 radical (unpaired) electrons. The van der Waals surface area contributed by atoms with Gasteiger partial charge in [-0.3, -0.25) is 0 Å². The average molecular weight is 482 g/mol. The lowest BCUT2D eigenvalue weighted by molar-refractivity contribution is -0.0498. The predicted octanol–water partition coefficient (Wildman–Crippen LogP) is 4.12. The number of aromatic nitrogens is 3. The minimum absolute atomic E-state index is 0.0315. The molecule has 170 valence electrons. The third-order valence-electron chi connectivity index (χ3n) is 4.51. The van der Waals surface area contributed by atoms with Crippen LogP contribution in [0.1, 0.15) is 19.4 Å². The van der Waals surface area contributed by atoms with E-state index in [-0.39, 0.29) is 15.4 Å². The summed E-state index contributed by atoms with van der Waals surface area (Å²) in [4.78, 5) is 0.137. The fourth-order valence-corrected chi connectivity index (χ4v) is 4.64. The zero-order chi connectivity index (χ0) is 23.3. The highest BCUT2D eigenvalue weighted by Gasteiger charge is 2.22. The number of ether oxygens (including phenoxy) is 1. The number of alkyl halides is 2. The van der Waals surface area contributed by atoms with Crippen molar-refractivity contribution in [3.63, 3.8) is 0 Å². The van der Waals surface area contributed by atoms with Crippen LogP contribution < -0.4 is 4.74 Å². The molecule has 0 amide bonds. The van der Waals surface area contributed by atoms with Gasteiger partial charge in [0.1, 0.15) is 5.75 Å². The molecule has 3 aromatic rings. The number of rotatable bonds is 9. The highest BCUT2D eigenvalue weighted by atomic mass is 32.2. The van der Waals surface area contributed by atoms with Gasteiger partial charge in [0.15, 0.2) is 5.82 Å². The zero-order valence-electron chi connectivity index (χ0n) is 17.3. The van der Waals surface area contributed by atoms with Crippen LogP contribution in [0.15, 0.2) is 58.5 Å². The van der Waals surface area contributed by atoms with Crippen molar-refractivity contribution in [2.45, 2.75) is 25.4 Å². The van der Waals surface area contributed by atoms with Crippen molar-refractivity contribution in [2.75, 3.05) is 13.1 Å². The van der Waals surface area contributed by atoms with E-state index in [0.717, 1.165) is 0 Å². The first-order valence-electron chi connectivity index (χ1n) is 9.63. The van der Waals surface area contributed by atoms with Gasteiger partial charge in [-0.2, -0.15) is 28.0 Å². The second kappa shape index (κ2) is 10.1. The van der Waals surface area contributed by atoms with E-state index in [2.05, 4.69) is 20.0 Å². The van der Waals surface area contributed by atoms with E-state index in [4.69, 9.17) is 12.2 Å². The molecule has 0 atom stereocenters. The second-order valence-corrected chi connectivity index (χ2v) is 8.80. The topological polar surface area (TPSA) is 92.6 Å². The maximum Gasteiger partial charge on any atom is 0.387 e. The van der Waals surface area contributed by atoms with E-state index in [9.17, 15) is 17.2 Å². The van der Waals surface area contributed by atoms with Gasteiger partial charge in [-0.25, -0.2) is 13.5 Å². The minimum atomic E-state index is -3.65. The van der Waals surface area contributed by atoms with Crippen molar-refractivity contribution in [1.29, 1.82) is 0 Å². The highest BCUT2D eigenvalue weighted by Crippen LogP contribution is 2.23. The molecule has 3 rings (SSSR count). The van der Waals surface area contributed by atoms with Crippen molar-refractivity contribution < 1.29 is 21.9 Å². The molecule has 1 heterocycles. The Morgan fingerprint density at radius 3 is 2.53 bits per heavy atom. The van der Waals surface area contributed by atoms with E-state index in [0.29, 0.717) is 30.0 Å². The van der Waals surface area contributed by atoms with E-state index >= 15 is 0 Å². The molecule has 0 aliphatic rings. The smallest absolute Gasteiger partial charge is 0.387 e. The van der Waals surface area contributed by atoms with Gasteiger partial charge in [0.2, 0.25) is 14.8 Å². The third-order valence-corrected chi connectivity index (χ3v) is 6.82. The number of nitrogens with zero attached hydrogens (tertiary/aromatic N) is 4. The van der Waals surface area contributed by atoms with Crippen LogP contribution in [0.4, 0.5) is 8.78 Å². The monoisotopic (exact) mass is 481 g/mol. The van der Waals surface area contributed by atoms with Crippen LogP contribution in [-0.4, -0.2) is 53.5 Å². The molecule has 8 nitrogen and oxygen atoms in total. The summed E-state index contributed by atoms with van der Waals surface area (Å²) >= 11 is 5.24. The molecule has 0 saturated heterocycles. The third kappa shape index (κ3) is 5.26. The lowest BCUT2D eigenvalue weighted by Crippen LogP contribution is -2.30. The molecule has 0 saturated carbocycles. The Morgan fingerprint density at radius 1 is 1.22 bits per heavy atom. The van der Waals surface area contributed by atoms with E-state index in [1.54, 1.807) is 38.1 Å². The molecule has 1 N–H and O–H groups in total. The summed E-state index contributed by atoms with van der Waals surface area (Å²) in [6.07, 6.45) is 1.47. The van der Waals surface area contributed by atoms with Gasteiger partial charge in [0.05, 0.1) is 11.1 Å². The van der Waals surface area contributed by atoms with Crippen molar-refractivity contribution in [1.82, 2.24) is 19.2 Å². The summed E-state index contributed by atoms with van der Waals surface area (Å²) in [5, 5.41) is 11.1. The Labute approximate surface area is 189 Å². The first-order valence-corrected chi connectivity index (χ1v) is 11.5. The van der Waals surface area contributed by atoms with E-state index in [1.165, 1.54) is 39.5 Å². The fourth-order valence-electron chi connectivity index (χ4n) is 2.95. The van der Waals surface area contributed by atoms with Crippen molar-refractivity contribution in [3.05, 3.63) is 58.9 Å². The maximum absolute atomic E-state index is 12.9. The SMILES string of the molecule is CCN(CC)S(=O)(=O)c1cccc(-c2n[nH]c(=S)n2/N=C\c2ccc(OC(F)F)cc2)c1. The Morgan fingerprint density at radius 2 is 1.91 bits per heavy atom. The van der Waals surface area contributed by atoms with Gasteiger partial charge in [-0.1, -0.05) is 26.0 Å². The Hall–Kier alpha value is -2.96. The van der Waals surface area contributed by atoms with Crippen LogP contribution >= 0.6 is 12.2 Å². The average Bonchev–Trinajstić information content (AvgIpc) is 3.14. The Balaban J connectivity index is 1.93. The highest BCUT2D eigenvalue weighted by molar-refractivity contribution is 7.89. The van der Waals surface area contributed by atoms with Gasteiger partial charge < -0.3 is 4.74 Å². The Kier molecular flexibility index (Phi) is 7.48.